The summed E-state index contributed by atoms with van der Waals surface area (Å²) in [5, 5.41) is 3.08. The van der Waals surface area contributed by atoms with Crippen LogP contribution in [0.3, 0.4) is 0 Å². The molecule has 4 nitrogen and oxygen atoms in total. The summed E-state index contributed by atoms with van der Waals surface area (Å²) in [6, 6.07) is 9.69. The molecule has 0 spiro atoms. The number of carbonyl (C=O) groups excluding carboxylic acids is 2. The number of nitrogens with two attached hydrogens (primary N) is 1. The Kier molecular flexibility index (Phi) is 8.63. The maximum absolute atomic E-state index is 12.5. The number of ketones is 2. The van der Waals surface area contributed by atoms with E-state index in [1.165, 1.54) is 0 Å². The molecule has 0 saturated heterocycles. The Morgan fingerprint density at radius 1 is 1.18 bits per heavy atom. The van der Waals surface area contributed by atoms with Crippen LogP contribution in [0, 0.1) is 5.92 Å². The Labute approximate surface area is 133 Å². The number of hydrogen-bond acceptors (Lipinski definition) is 4. The van der Waals surface area contributed by atoms with E-state index in [9.17, 15) is 9.59 Å². The van der Waals surface area contributed by atoms with Crippen molar-refractivity contribution in [2.75, 3.05) is 13.6 Å². The molecule has 0 saturated carbocycles. The molecule has 2 atom stereocenters. The fraction of sp³-hybridized carbons (Fsp3) is 0.556. The lowest BCUT2D eigenvalue weighted by molar-refractivity contribution is -0.128. The Balaban J connectivity index is 2.59. The molecule has 22 heavy (non-hydrogen) atoms. The Morgan fingerprint density at radius 2 is 1.86 bits per heavy atom. The van der Waals surface area contributed by atoms with Gasteiger partial charge in [0.2, 0.25) is 0 Å². The van der Waals surface area contributed by atoms with E-state index in [-0.39, 0.29) is 23.5 Å². The summed E-state index contributed by atoms with van der Waals surface area (Å²) in [6.45, 7) is 2.21. The molecule has 0 heterocycles. The van der Waals surface area contributed by atoms with Gasteiger partial charge in [0.25, 0.3) is 0 Å². The van der Waals surface area contributed by atoms with Gasteiger partial charge in [-0.25, -0.2) is 0 Å². The molecule has 122 valence electrons. The third-order valence-electron chi connectivity index (χ3n) is 4.05. The minimum absolute atomic E-state index is 0.0972. The Bertz CT molecular complexity index is 459. The van der Waals surface area contributed by atoms with E-state index >= 15 is 0 Å². The van der Waals surface area contributed by atoms with Crippen LogP contribution in [0.1, 0.15) is 38.2 Å². The molecule has 0 fully saturated rings. The predicted molar refractivity (Wildman–Crippen MR) is 89.7 cm³/mol. The molecule has 1 aromatic rings. The topological polar surface area (TPSA) is 72.2 Å². The van der Waals surface area contributed by atoms with Crippen LogP contribution in [0.2, 0.25) is 0 Å². The first kappa shape index (κ1) is 18.5. The number of nitrogens with one attached hydrogen (secondary N) is 1. The normalized spacial score (nSPS) is 13.6. The predicted octanol–water partition coefficient (Wildman–Crippen LogP) is 2.11. The summed E-state index contributed by atoms with van der Waals surface area (Å²) in [5.74, 6) is 0.0323. The van der Waals surface area contributed by atoms with Crippen molar-refractivity contribution in [3.05, 3.63) is 35.9 Å². The second kappa shape index (κ2) is 10.2. The largest absolute Gasteiger partial charge is 0.330 e. The van der Waals surface area contributed by atoms with Crippen LogP contribution in [0.15, 0.2) is 30.3 Å². The molecule has 0 aliphatic heterocycles. The average Bonchev–Trinajstić information content (AvgIpc) is 2.52. The van der Waals surface area contributed by atoms with Crippen molar-refractivity contribution in [1.29, 1.82) is 0 Å². The molecule has 3 N–H and O–H groups in total. The first-order valence-electron chi connectivity index (χ1n) is 8.03. The molecule has 0 amide bonds. The molecule has 0 bridgehead atoms. The van der Waals surface area contributed by atoms with Gasteiger partial charge in [-0.3, -0.25) is 9.59 Å². The van der Waals surface area contributed by atoms with Crippen molar-refractivity contribution in [3.63, 3.8) is 0 Å². The number of hydrogen-bond donors (Lipinski definition) is 2. The lowest BCUT2D eigenvalue weighted by Crippen LogP contribution is -2.37. The molecular weight excluding hydrogens is 276 g/mol. The molecular formula is C18H28N2O2. The average molecular weight is 304 g/mol. The number of Topliss-reactive ketones (excluding diaryl/α,β-unsaturated/α-hetero) is 2. The third-order valence-corrected chi connectivity index (χ3v) is 4.05. The SMILES string of the molecule is CN[C@@H](Cc1ccccc1)C(=O)C[C@@H](CCCCN)C(C)=O. The molecule has 1 rings (SSSR count). The fourth-order valence-corrected chi connectivity index (χ4v) is 2.60. The van der Waals surface area contributed by atoms with Crippen LogP contribution in [0.5, 0.6) is 0 Å². The second-order valence-corrected chi connectivity index (χ2v) is 5.79. The quantitative estimate of drug-likeness (QED) is 0.614. The molecule has 0 aliphatic carbocycles. The van der Waals surface area contributed by atoms with E-state index in [0.29, 0.717) is 19.4 Å². The van der Waals surface area contributed by atoms with E-state index < -0.39 is 0 Å². The maximum Gasteiger partial charge on any atom is 0.150 e. The summed E-state index contributed by atoms with van der Waals surface area (Å²) >= 11 is 0. The molecule has 0 aliphatic rings. The zero-order chi connectivity index (χ0) is 16.4. The van der Waals surface area contributed by atoms with Gasteiger partial charge in [-0.15, -0.1) is 0 Å². The first-order chi connectivity index (χ1) is 10.6. The van der Waals surface area contributed by atoms with Crippen molar-refractivity contribution in [1.82, 2.24) is 5.32 Å². The molecule has 4 heteroatoms. The Morgan fingerprint density at radius 3 is 2.41 bits per heavy atom. The lowest BCUT2D eigenvalue weighted by Gasteiger charge is -2.19. The van der Waals surface area contributed by atoms with Gasteiger partial charge in [-0.2, -0.15) is 0 Å². The van der Waals surface area contributed by atoms with Crippen LogP contribution >= 0.6 is 0 Å². The summed E-state index contributed by atoms with van der Waals surface area (Å²) < 4.78 is 0. The van der Waals surface area contributed by atoms with E-state index in [1.54, 1.807) is 14.0 Å². The first-order valence-corrected chi connectivity index (χ1v) is 8.03. The Hall–Kier alpha value is -1.52. The van der Waals surface area contributed by atoms with E-state index in [4.69, 9.17) is 5.73 Å². The van der Waals surface area contributed by atoms with Crippen molar-refractivity contribution < 1.29 is 9.59 Å². The smallest absolute Gasteiger partial charge is 0.150 e. The highest BCUT2D eigenvalue weighted by atomic mass is 16.1. The highest BCUT2D eigenvalue weighted by Crippen LogP contribution is 2.16. The molecule has 0 aromatic heterocycles. The van der Waals surface area contributed by atoms with E-state index in [0.717, 1.165) is 24.8 Å². The van der Waals surface area contributed by atoms with Gasteiger partial charge in [-0.05, 0) is 45.3 Å². The summed E-state index contributed by atoms with van der Waals surface area (Å²) in [6.07, 6.45) is 3.52. The van der Waals surface area contributed by atoms with Gasteiger partial charge in [-0.1, -0.05) is 36.8 Å². The van der Waals surface area contributed by atoms with Crippen molar-refractivity contribution in [2.45, 2.75) is 45.1 Å². The van der Waals surface area contributed by atoms with Gasteiger partial charge in [0.1, 0.15) is 5.78 Å². The number of rotatable bonds is 11. The summed E-state index contributed by atoms with van der Waals surface area (Å²) in [4.78, 5) is 24.2. The van der Waals surface area contributed by atoms with Gasteiger partial charge < -0.3 is 11.1 Å². The fourth-order valence-electron chi connectivity index (χ4n) is 2.60. The van der Waals surface area contributed by atoms with Crippen molar-refractivity contribution in [3.8, 4) is 0 Å². The van der Waals surface area contributed by atoms with Gasteiger partial charge >= 0.3 is 0 Å². The molecule has 1 aromatic carbocycles. The van der Waals surface area contributed by atoms with Crippen LogP contribution in [0.25, 0.3) is 0 Å². The second-order valence-electron chi connectivity index (χ2n) is 5.79. The zero-order valence-corrected chi connectivity index (χ0v) is 13.7. The third kappa shape index (κ3) is 6.50. The highest BCUT2D eigenvalue weighted by Gasteiger charge is 2.23. The molecule has 0 radical (unpaired) electrons. The van der Waals surface area contributed by atoms with Crippen molar-refractivity contribution in [2.24, 2.45) is 11.7 Å². The van der Waals surface area contributed by atoms with Crippen molar-refractivity contribution >= 4 is 11.6 Å². The molecule has 0 unspecified atom stereocenters. The van der Waals surface area contributed by atoms with E-state index in [2.05, 4.69) is 5.32 Å². The lowest BCUT2D eigenvalue weighted by atomic mass is 9.89. The summed E-state index contributed by atoms with van der Waals surface area (Å²) in [5.41, 5.74) is 6.61. The van der Waals surface area contributed by atoms with Gasteiger partial charge in [0.05, 0.1) is 6.04 Å². The number of unbranched alkanes of at least 4 members (excludes halogenated alkanes) is 1. The minimum Gasteiger partial charge on any atom is -0.330 e. The van der Waals surface area contributed by atoms with Gasteiger partial charge in [0, 0.05) is 12.3 Å². The van der Waals surface area contributed by atoms with Crippen LogP contribution in [-0.2, 0) is 16.0 Å². The van der Waals surface area contributed by atoms with Crippen LogP contribution in [-0.4, -0.2) is 31.2 Å². The highest BCUT2D eigenvalue weighted by molar-refractivity contribution is 5.89. The standard InChI is InChI=1S/C18H28N2O2/c1-14(21)16(10-6-7-11-19)13-18(22)17(20-2)12-15-8-4-3-5-9-15/h3-5,8-9,16-17,20H,6-7,10-13,19H2,1-2H3/t16-,17+/m1/s1. The number of benzene rings is 1. The monoisotopic (exact) mass is 304 g/mol. The van der Waals surface area contributed by atoms with Gasteiger partial charge in [0.15, 0.2) is 5.78 Å². The maximum atomic E-state index is 12.5. The zero-order valence-electron chi connectivity index (χ0n) is 13.7. The van der Waals surface area contributed by atoms with Crippen LogP contribution in [0.4, 0.5) is 0 Å². The minimum atomic E-state index is -0.237. The van der Waals surface area contributed by atoms with Crippen LogP contribution < -0.4 is 11.1 Å². The number of likely N-dealkylation sites (N-methyl/N-ethyl adjacent to an activating group) is 1. The van der Waals surface area contributed by atoms with E-state index in [1.807, 2.05) is 30.3 Å². The summed E-state index contributed by atoms with van der Waals surface area (Å²) in [7, 11) is 1.79. The number of carbonyl (C=O) groups is 2.